The van der Waals surface area contributed by atoms with E-state index in [1.54, 1.807) is 0 Å². The van der Waals surface area contributed by atoms with Gasteiger partial charge in [-0.3, -0.25) is 0 Å². The SMILES string of the molecule is NC(=O)O.NCCCO. The number of amides is 1. The van der Waals surface area contributed by atoms with Crippen LogP contribution in [0.3, 0.4) is 0 Å². The van der Waals surface area contributed by atoms with Crippen molar-refractivity contribution in [2.24, 2.45) is 11.5 Å². The number of carbonyl (C=O) groups is 1. The second-order valence-corrected chi connectivity index (χ2v) is 1.20. The van der Waals surface area contributed by atoms with Gasteiger partial charge in [-0.1, -0.05) is 0 Å². The Hall–Kier alpha value is -0.810. The topological polar surface area (TPSA) is 110 Å². The van der Waals surface area contributed by atoms with Gasteiger partial charge in [0.15, 0.2) is 0 Å². The summed E-state index contributed by atoms with van der Waals surface area (Å²) in [5.74, 6) is 0. The molecular formula is C4H12N2O3. The van der Waals surface area contributed by atoms with Gasteiger partial charge in [0.25, 0.3) is 0 Å². The van der Waals surface area contributed by atoms with Gasteiger partial charge < -0.3 is 21.7 Å². The van der Waals surface area contributed by atoms with Crippen LogP contribution in [0.4, 0.5) is 4.79 Å². The van der Waals surface area contributed by atoms with Crippen LogP contribution < -0.4 is 11.5 Å². The lowest BCUT2D eigenvalue weighted by Gasteiger charge is -1.80. The summed E-state index contributed by atoms with van der Waals surface area (Å²) in [5, 5.41) is 15.2. The highest BCUT2D eigenvalue weighted by Gasteiger charge is 1.69. The summed E-state index contributed by atoms with van der Waals surface area (Å²) in [7, 11) is 0. The molecule has 0 radical (unpaired) electrons. The largest absolute Gasteiger partial charge is 0.465 e. The molecule has 5 nitrogen and oxygen atoms in total. The monoisotopic (exact) mass is 136 g/mol. The molecule has 0 saturated carbocycles. The van der Waals surface area contributed by atoms with Gasteiger partial charge in [0.2, 0.25) is 0 Å². The zero-order valence-electron chi connectivity index (χ0n) is 5.08. The first-order valence-corrected chi connectivity index (χ1v) is 2.44. The zero-order chi connectivity index (χ0) is 7.70. The van der Waals surface area contributed by atoms with Gasteiger partial charge >= 0.3 is 6.09 Å². The lowest BCUT2D eigenvalue weighted by molar-refractivity contribution is 0.205. The van der Waals surface area contributed by atoms with E-state index in [-0.39, 0.29) is 6.61 Å². The number of primary amides is 1. The maximum atomic E-state index is 8.78. The number of aliphatic hydroxyl groups excluding tert-OH is 1. The number of carboxylic acid groups (broad SMARTS) is 1. The number of hydrogen-bond acceptors (Lipinski definition) is 3. The molecule has 0 rings (SSSR count). The maximum absolute atomic E-state index is 8.78. The van der Waals surface area contributed by atoms with Gasteiger partial charge in [-0.05, 0) is 13.0 Å². The Kier molecular flexibility index (Phi) is 12.6. The summed E-state index contributed by atoms with van der Waals surface area (Å²) in [4.78, 5) is 8.78. The average Bonchev–Trinajstić information content (AvgIpc) is 1.66. The van der Waals surface area contributed by atoms with Crippen molar-refractivity contribution in [3.63, 3.8) is 0 Å². The third-order valence-electron chi connectivity index (χ3n) is 0.362. The summed E-state index contributed by atoms with van der Waals surface area (Å²) >= 11 is 0. The quantitative estimate of drug-likeness (QED) is 0.388. The number of nitrogens with two attached hydrogens (primary N) is 2. The average molecular weight is 136 g/mol. The molecule has 0 aromatic carbocycles. The lowest BCUT2D eigenvalue weighted by Crippen LogP contribution is -2.03. The van der Waals surface area contributed by atoms with Crippen molar-refractivity contribution in [2.75, 3.05) is 13.2 Å². The molecule has 0 aliphatic rings. The van der Waals surface area contributed by atoms with E-state index in [9.17, 15) is 0 Å². The molecule has 0 bridgehead atoms. The van der Waals surface area contributed by atoms with E-state index in [2.05, 4.69) is 5.73 Å². The minimum atomic E-state index is -1.33. The van der Waals surface area contributed by atoms with Crippen molar-refractivity contribution in [1.82, 2.24) is 0 Å². The van der Waals surface area contributed by atoms with Crippen LogP contribution in [0.25, 0.3) is 0 Å². The summed E-state index contributed by atoms with van der Waals surface area (Å²) in [6, 6.07) is 0. The van der Waals surface area contributed by atoms with Crippen LogP contribution in [0.15, 0.2) is 0 Å². The van der Waals surface area contributed by atoms with E-state index >= 15 is 0 Å². The molecule has 0 aromatic rings. The maximum Gasteiger partial charge on any atom is 0.402 e. The number of hydrogen-bond donors (Lipinski definition) is 4. The molecule has 0 aromatic heterocycles. The van der Waals surface area contributed by atoms with Gasteiger partial charge in [-0.2, -0.15) is 0 Å². The smallest absolute Gasteiger partial charge is 0.402 e. The van der Waals surface area contributed by atoms with E-state index in [1.165, 1.54) is 0 Å². The van der Waals surface area contributed by atoms with E-state index < -0.39 is 6.09 Å². The Bertz CT molecular complexity index is 60.8. The van der Waals surface area contributed by atoms with Crippen LogP contribution in [-0.2, 0) is 0 Å². The van der Waals surface area contributed by atoms with Gasteiger partial charge in [-0.25, -0.2) is 4.79 Å². The molecule has 0 spiro atoms. The fourth-order valence-electron chi connectivity index (χ4n) is 0.0913. The predicted molar refractivity (Wildman–Crippen MR) is 33.0 cm³/mol. The number of aliphatic hydroxyl groups is 1. The first kappa shape index (κ1) is 11.0. The molecule has 1 amide bonds. The zero-order valence-corrected chi connectivity index (χ0v) is 5.08. The molecule has 6 N–H and O–H groups in total. The Morgan fingerprint density at radius 3 is 1.89 bits per heavy atom. The van der Waals surface area contributed by atoms with Crippen LogP contribution in [0.1, 0.15) is 6.42 Å². The molecule has 56 valence electrons. The first-order chi connectivity index (χ1) is 4.15. The lowest BCUT2D eigenvalue weighted by atomic mass is 10.5. The van der Waals surface area contributed by atoms with Crippen LogP contribution in [-0.4, -0.2) is 29.5 Å². The number of rotatable bonds is 2. The second-order valence-electron chi connectivity index (χ2n) is 1.20. The van der Waals surface area contributed by atoms with Crippen LogP contribution >= 0.6 is 0 Å². The molecular weight excluding hydrogens is 124 g/mol. The molecule has 9 heavy (non-hydrogen) atoms. The van der Waals surface area contributed by atoms with E-state index in [0.717, 1.165) is 6.42 Å². The standard InChI is InChI=1S/C3H9NO.CH3NO2/c4-2-1-3-5;2-1(3)4/h5H,1-4H2;2H2,(H,3,4). The van der Waals surface area contributed by atoms with Crippen LogP contribution in [0, 0.1) is 0 Å². The third kappa shape index (κ3) is 137. The predicted octanol–water partition coefficient (Wildman–Crippen LogP) is -1.05. The Morgan fingerprint density at radius 2 is 1.89 bits per heavy atom. The van der Waals surface area contributed by atoms with Crippen LogP contribution in [0.5, 0.6) is 0 Å². The Morgan fingerprint density at radius 1 is 1.56 bits per heavy atom. The highest BCUT2D eigenvalue weighted by atomic mass is 16.4. The Balaban J connectivity index is 0. The summed E-state index contributed by atoms with van der Waals surface area (Å²) in [6.07, 6.45) is -0.611. The highest BCUT2D eigenvalue weighted by Crippen LogP contribution is 1.62. The van der Waals surface area contributed by atoms with Crippen molar-refractivity contribution in [3.8, 4) is 0 Å². The van der Waals surface area contributed by atoms with Gasteiger partial charge in [0, 0.05) is 6.61 Å². The van der Waals surface area contributed by atoms with Gasteiger partial charge in [-0.15, -0.1) is 0 Å². The van der Waals surface area contributed by atoms with Crippen molar-refractivity contribution < 1.29 is 15.0 Å². The minimum absolute atomic E-state index is 0.219. The molecule has 0 heterocycles. The molecule has 0 atom stereocenters. The van der Waals surface area contributed by atoms with Crippen molar-refractivity contribution in [2.45, 2.75) is 6.42 Å². The van der Waals surface area contributed by atoms with E-state index in [4.69, 9.17) is 20.7 Å². The molecule has 0 unspecified atom stereocenters. The Labute approximate surface area is 53.3 Å². The van der Waals surface area contributed by atoms with Gasteiger partial charge in [0.05, 0.1) is 0 Å². The molecule has 0 aliphatic carbocycles. The fourth-order valence-corrected chi connectivity index (χ4v) is 0.0913. The molecule has 5 heteroatoms. The van der Waals surface area contributed by atoms with Gasteiger partial charge in [0.1, 0.15) is 0 Å². The van der Waals surface area contributed by atoms with Crippen molar-refractivity contribution in [3.05, 3.63) is 0 Å². The normalized spacial score (nSPS) is 7.33. The van der Waals surface area contributed by atoms with Crippen molar-refractivity contribution in [1.29, 1.82) is 0 Å². The van der Waals surface area contributed by atoms with E-state index in [0.29, 0.717) is 6.54 Å². The minimum Gasteiger partial charge on any atom is -0.465 e. The summed E-state index contributed by atoms with van der Waals surface area (Å²) in [6.45, 7) is 0.812. The molecule has 0 fully saturated rings. The second kappa shape index (κ2) is 10.2. The fraction of sp³-hybridized carbons (Fsp3) is 0.750. The summed E-state index contributed by atoms with van der Waals surface area (Å²) < 4.78 is 0. The summed E-state index contributed by atoms with van der Waals surface area (Å²) in [5.41, 5.74) is 9.01. The highest BCUT2D eigenvalue weighted by molar-refractivity contribution is 5.61. The first-order valence-electron chi connectivity index (χ1n) is 2.44. The van der Waals surface area contributed by atoms with E-state index in [1.807, 2.05) is 0 Å². The third-order valence-corrected chi connectivity index (χ3v) is 0.362. The molecule has 0 saturated heterocycles. The van der Waals surface area contributed by atoms with Crippen molar-refractivity contribution >= 4 is 6.09 Å². The molecule has 0 aliphatic heterocycles. The van der Waals surface area contributed by atoms with Crippen LogP contribution in [0.2, 0.25) is 0 Å².